The molecule has 2 N–H and O–H groups in total. The van der Waals surface area contributed by atoms with Crippen molar-refractivity contribution in [2.45, 2.75) is 45.8 Å². The molecule has 10 heteroatoms. The maximum Gasteiger partial charge on any atom is 0.240 e. The van der Waals surface area contributed by atoms with E-state index in [1.165, 1.54) is 0 Å². The van der Waals surface area contributed by atoms with E-state index >= 15 is 0 Å². The Hall–Kier alpha value is 1.58. The molecule has 0 spiro atoms. The number of alkyl halides is 6. The molecule has 0 radical (unpaired) electrons. The van der Waals surface area contributed by atoms with Crippen LogP contribution in [0.15, 0.2) is 0 Å². The summed E-state index contributed by atoms with van der Waals surface area (Å²) >= 11 is 32.5. The predicted molar refractivity (Wildman–Crippen MR) is 83.0 cm³/mol. The van der Waals surface area contributed by atoms with E-state index in [1.807, 2.05) is 0 Å². The lowest BCUT2D eigenvalue weighted by Crippen LogP contribution is -2.28. The minimum atomic E-state index is -1.85. The molecular formula is C10H16Cl6O4. The van der Waals surface area contributed by atoms with Crippen LogP contribution in [0.5, 0.6) is 0 Å². The van der Waals surface area contributed by atoms with Crippen molar-refractivity contribution in [2.75, 3.05) is 13.2 Å². The van der Waals surface area contributed by atoms with Crippen molar-refractivity contribution in [3.63, 3.8) is 0 Å². The first-order valence-corrected chi connectivity index (χ1v) is 8.04. The minimum absolute atomic E-state index is 0.271. The third-order valence-electron chi connectivity index (χ3n) is 2.15. The summed E-state index contributed by atoms with van der Waals surface area (Å²) < 4.78 is 6.17. The number of ether oxygens (including phenoxy) is 2. The lowest BCUT2D eigenvalue weighted by atomic mass is 10.2. The molecule has 0 saturated heterocycles. The summed E-state index contributed by atoms with van der Waals surface area (Å²) in [5.41, 5.74) is 0. The lowest BCUT2D eigenvalue weighted by Gasteiger charge is -2.19. The molecule has 0 saturated carbocycles. The molecule has 122 valence electrons. The Labute approximate surface area is 148 Å². The van der Waals surface area contributed by atoms with Crippen LogP contribution in [0.2, 0.25) is 0 Å². The van der Waals surface area contributed by atoms with Gasteiger partial charge in [0.25, 0.3) is 0 Å². The Morgan fingerprint density at radius 1 is 0.650 bits per heavy atom. The zero-order valence-corrected chi connectivity index (χ0v) is 14.9. The summed E-state index contributed by atoms with van der Waals surface area (Å²) in [6, 6.07) is 0. The molecule has 0 fully saturated rings. The number of hydrogen-bond donors (Lipinski definition) is 2. The highest BCUT2D eigenvalue weighted by Crippen LogP contribution is 2.31. The van der Waals surface area contributed by atoms with E-state index in [0.717, 1.165) is 12.8 Å². The molecule has 4 nitrogen and oxygen atoms in total. The lowest BCUT2D eigenvalue weighted by molar-refractivity contribution is -0.0990. The molecule has 0 aromatic rings. The smallest absolute Gasteiger partial charge is 0.240 e. The summed E-state index contributed by atoms with van der Waals surface area (Å²) in [5, 5.41) is 18.5. The molecule has 20 heavy (non-hydrogen) atoms. The number of hydrogen-bond acceptors (Lipinski definition) is 4. The van der Waals surface area contributed by atoms with E-state index in [9.17, 15) is 10.2 Å². The maximum absolute atomic E-state index is 9.26. The van der Waals surface area contributed by atoms with Gasteiger partial charge < -0.3 is 19.7 Å². The van der Waals surface area contributed by atoms with Gasteiger partial charge in [0.2, 0.25) is 20.2 Å². The highest BCUT2D eigenvalue weighted by molar-refractivity contribution is 6.68. The van der Waals surface area contributed by atoms with Crippen LogP contribution in [0, 0.1) is 0 Å². The zero-order valence-electron chi connectivity index (χ0n) is 10.4. The minimum Gasteiger partial charge on any atom is -0.365 e. The van der Waals surface area contributed by atoms with E-state index in [0.29, 0.717) is 12.8 Å². The van der Waals surface area contributed by atoms with Crippen molar-refractivity contribution in [2.24, 2.45) is 0 Å². The van der Waals surface area contributed by atoms with Gasteiger partial charge in [0.05, 0.1) is 0 Å². The molecule has 0 aliphatic rings. The van der Waals surface area contributed by atoms with Crippen molar-refractivity contribution in [1.82, 2.24) is 0 Å². The first-order chi connectivity index (χ1) is 9.05. The second kappa shape index (κ2) is 10.4. The SMILES string of the molecule is O[C@H](OCCCCCCO[C@H](O)C(Cl)(Cl)Cl)C(Cl)(Cl)Cl. The second-order valence-corrected chi connectivity index (χ2v) is 8.68. The van der Waals surface area contributed by atoms with E-state index in [1.54, 1.807) is 0 Å². The van der Waals surface area contributed by atoms with Crippen LogP contribution in [0.25, 0.3) is 0 Å². The number of halogens is 6. The molecule has 0 unspecified atom stereocenters. The predicted octanol–water partition coefficient (Wildman–Crippen LogP) is 3.96. The average Bonchev–Trinajstić information content (AvgIpc) is 2.29. The van der Waals surface area contributed by atoms with Crippen LogP contribution in [0.3, 0.4) is 0 Å². The van der Waals surface area contributed by atoms with Gasteiger partial charge in [-0.2, -0.15) is 0 Å². The Balaban J connectivity index is 3.42. The molecule has 0 rings (SSSR count). The fraction of sp³-hybridized carbons (Fsp3) is 1.00. The van der Waals surface area contributed by atoms with Crippen molar-refractivity contribution in [3.8, 4) is 0 Å². The molecule has 0 aromatic carbocycles. The van der Waals surface area contributed by atoms with Crippen molar-refractivity contribution in [3.05, 3.63) is 0 Å². The Morgan fingerprint density at radius 2 is 0.950 bits per heavy atom. The fourth-order valence-corrected chi connectivity index (χ4v) is 1.51. The van der Waals surface area contributed by atoms with Gasteiger partial charge in [-0.15, -0.1) is 0 Å². The highest BCUT2D eigenvalue weighted by Gasteiger charge is 2.32. The van der Waals surface area contributed by atoms with Crippen molar-refractivity contribution in [1.29, 1.82) is 0 Å². The van der Waals surface area contributed by atoms with Crippen LogP contribution in [0.4, 0.5) is 0 Å². The first kappa shape index (κ1) is 21.6. The Bertz CT molecular complexity index is 229. The first-order valence-electron chi connectivity index (χ1n) is 5.78. The van der Waals surface area contributed by atoms with Gasteiger partial charge in [-0.1, -0.05) is 82.4 Å². The van der Waals surface area contributed by atoms with E-state index in [2.05, 4.69) is 0 Å². The van der Waals surface area contributed by atoms with Crippen LogP contribution >= 0.6 is 69.6 Å². The molecule has 0 amide bonds. The van der Waals surface area contributed by atoms with E-state index in [-0.39, 0.29) is 13.2 Å². The largest absolute Gasteiger partial charge is 0.365 e. The number of aliphatic hydroxyl groups is 2. The van der Waals surface area contributed by atoms with E-state index < -0.39 is 20.2 Å². The van der Waals surface area contributed by atoms with Gasteiger partial charge in [0, 0.05) is 13.2 Å². The normalized spacial score (nSPS) is 16.2. The quantitative estimate of drug-likeness (QED) is 0.342. The van der Waals surface area contributed by atoms with Crippen LogP contribution in [0.1, 0.15) is 25.7 Å². The molecule has 2 atom stereocenters. The Morgan fingerprint density at radius 3 is 1.20 bits per heavy atom. The van der Waals surface area contributed by atoms with Gasteiger partial charge in [0.1, 0.15) is 0 Å². The number of rotatable bonds is 9. The summed E-state index contributed by atoms with van der Waals surface area (Å²) in [4.78, 5) is 0. The fourth-order valence-electron chi connectivity index (χ4n) is 1.14. The van der Waals surface area contributed by atoms with Crippen molar-refractivity contribution < 1.29 is 19.7 Å². The monoisotopic (exact) mass is 410 g/mol. The summed E-state index contributed by atoms with van der Waals surface area (Å²) in [6.45, 7) is 0.541. The van der Waals surface area contributed by atoms with Gasteiger partial charge >= 0.3 is 0 Å². The van der Waals surface area contributed by atoms with Crippen LogP contribution in [-0.4, -0.2) is 43.6 Å². The zero-order chi connectivity index (χ0) is 15.8. The standard InChI is InChI=1S/C10H16Cl6O4/c11-9(12,13)7(17)19-5-3-1-2-4-6-20-8(18)10(14,15)16/h7-8,17-18H,1-6H2/t7-,8+. The topological polar surface area (TPSA) is 58.9 Å². The summed E-state index contributed by atoms with van der Waals surface area (Å²) in [6.07, 6.45) is 0.112. The number of unbranched alkanes of at least 4 members (excludes halogenated alkanes) is 3. The third kappa shape index (κ3) is 11.2. The van der Waals surface area contributed by atoms with Crippen LogP contribution in [-0.2, 0) is 9.47 Å². The molecular weight excluding hydrogens is 397 g/mol. The van der Waals surface area contributed by atoms with E-state index in [4.69, 9.17) is 79.1 Å². The molecule has 0 aliphatic heterocycles. The average molecular weight is 413 g/mol. The van der Waals surface area contributed by atoms with Gasteiger partial charge in [-0.25, -0.2) is 0 Å². The Kier molecular flexibility index (Phi) is 11.2. The second-order valence-electron chi connectivity index (χ2n) is 3.94. The molecule has 0 heterocycles. The molecule has 0 bridgehead atoms. The summed E-state index contributed by atoms with van der Waals surface area (Å²) in [5.74, 6) is 0. The molecule has 0 aromatic heterocycles. The van der Waals surface area contributed by atoms with Gasteiger partial charge in [-0.3, -0.25) is 0 Å². The van der Waals surface area contributed by atoms with Crippen LogP contribution < -0.4 is 0 Å². The third-order valence-corrected chi connectivity index (χ3v) is 3.27. The van der Waals surface area contributed by atoms with Gasteiger partial charge in [-0.05, 0) is 12.8 Å². The number of aliphatic hydroxyl groups excluding tert-OH is 2. The highest BCUT2D eigenvalue weighted by atomic mass is 35.6. The summed E-state index contributed by atoms with van der Waals surface area (Å²) in [7, 11) is 0. The molecule has 0 aliphatic carbocycles. The van der Waals surface area contributed by atoms with Gasteiger partial charge in [0.15, 0.2) is 0 Å². The van der Waals surface area contributed by atoms with Crippen molar-refractivity contribution >= 4 is 69.6 Å². The maximum atomic E-state index is 9.26.